The molecule has 0 bridgehead atoms. The van der Waals surface area contributed by atoms with Crippen LogP contribution in [0.4, 0.5) is 0 Å². The Balaban J connectivity index is 2.48. The number of nitrogens with zero attached hydrogens (tertiary/aromatic N) is 3. The molecule has 0 saturated carbocycles. The predicted molar refractivity (Wildman–Crippen MR) is 66.7 cm³/mol. The molecule has 2 heterocycles. The van der Waals surface area contributed by atoms with Gasteiger partial charge in [-0.05, 0) is 41.6 Å². The molecule has 0 spiro atoms. The lowest BCUT2D eigenvalue weighted by Crippen LogP contribution is -2.14. The molecule has 0 amide bonds. The van der Waals surface area contributed by atoms with Gasteiger partial charge >= 0.3 is 5.97 Å². The molecule has 0 radical (unpaired) electrons. The van der Waals surface area contributed by atoms with Gasteiger partial charge in [0.05, 0.1) is 5.39 Å². The maximum absolute atomic E-state index is 10.9. The minimum atomic E-state index is -0.446. The van der Waals surface area contributed by atoms with E-state index in [1.54, 1.807) is 17.8 Å². The van der Waals surface area contributed by atoms with Crippen molar-refractivity contribution in [2.24, 2.45) is 0 Å². The molecule has 0 aliphatic rings. The Kier molecular flexibility index (Phi) is 3.08. The highest BCUT2D eigenvalue weighted by Crippen LogP contribution is 2.21. The van der Waals surface area contributed by atoms with Crippen molar-refractivity contribution in [1.29, 1.82) is 0 Å². The van der Waals surface area contributed by atoms with Gasteiger partial charge in [-0.15, -0.1) is 0 Å². The average molecular weight is 331 g/mol. The van der Waals surface area contributed by atoms with Gasteiger partial charge in [0.1, 0.15) is 3.70 Å². The molecule has 2 aromatic heterocycles. The second-order valence-corrected chi connectivity index (χ2v) is 4.34. The number of carbonyl (C=O) groups excluding carboxylic acids is 1. The molecule has 6 heteroatoms. The van der Waals surface area contributed by atoms with Gasteiger partial charge in [-0.2, -0.15) is 5.10 Å². The number of esters is 1. The number of aromatic nitrogens is 3. The lowest BCUT2D eigenvalue weighted by atomic mass is 10.4. The Labute approximate surface area is 106 Å². The molecule has 1 unspecified atom stereocenters. The molecule has 84 valence electrons. The van der Waals surface area contributed by atoms with E-state index in [1.807, 2.05) is 12.1 Å². The van der Waals surface area contributed by atoms with E-state index in [2.05, 4.69) is 32.7 Å². The summed E-state index contributed by atoms with van der Waals surface area (Å²) < 4.78 is 7.53. The summed E-state index contributed by atoms with van der Waals surface area (Å²) in [4.78, 5) is 15.1. The number of pyridine rings is 1. The topological polar surface area (TPSA) is 57.0 Å². The van der Waals surface area contributed by atoms with Crippen molar-refractivity contribution >= 4 is 39.6 Å². The first-order chi connectivity index (χ1) is 7.59. The number of rotatable bonds is 2. The number of halogens is 1. The molecule has 0 aliphatic carbocycles. The van der Waals surface area contributed by atoms with E-state index in [9.17, 15) is 4.79 Å². The van der Waals surface area contributed by atoms with Gasteiger partial charge in [-0.1, -0.05) is 0 Å². The number of carbonyl (C=O) groups is 1. The Morgan fingerprint density at radius 3 is 3.06 bits per heavy atom. The van der Waals surface area contributed by atoms with Crippen LogP contribution >= 0.6 is 22.6 Å². The zero-order valence-electron chi connectivity index (χ0n) is 8.85. The lowest BCUT2D eigenvalue weighted by Gasteiger charge is -2.12. The molecule has 1 atom stereocenters. The van der Waals surface area contributed by atoms with Crippen molar-refractivity contribution in [2.75, 3.05) is 0 Å². The van der Waals surface area contributed by atoms with Crippen molar-refractivity contribution < 1.29 is 9.53 Å². The van der Waals surface area contributed by atoms with Gasteiger partial charge in [-0.3, -0.25) is 4.79 Å². The first-order valence-corrected chi connectivity index (χ1v) is 5.83. The third-order valence-electron chi connectivity index (χ3n) is 2.10. The monoisotopic (exact) mass is 331 g/mol. The van der Waals surface area contributed by atoms with Crippen molar-refractivity contribution in [1.82, 2.24) is 14.8 Å². The van der Waals surface area contributed by atoms with Crippen LogP contribution in [0.5, 0.6) is 0 Å². The fraction of sp³-hybridized carbons (Fsp3) is 0.300. The summed E-state index contributed by atoms with van der Waals surface area (Å²) in [6, 6.07) is 3.79. The van der Waals surface area contributed by atoms with E-state index in [1.165, 1.54) is 6.92 Å². The highest BCUT2D eigenvalue weighted by Gasteiger charge is 2.15. The molecule has 0 fully saturated rings. The first kappa shape index (κ1) is 11.3. The molecule has 2 rings (SSSR count). The van der Waals surface area contributed by atoms with Crippen LogP contribution in [-0.4, -0.2) is 20.7 Å². The highest BCUT2D eigenvalue weighted by atomic mass is 127. The summed E-state index contributed by atoms with van der Waals surface area (Å²) in [6.07, 6.45) is 1.25. The van der Waals surface area contributed by atoms with E-state index < -0.39 is 6.23 Å². The fourth-order valence-electron chi connectivity index (χ4n) is 1.48. The average Bonchev–Trinajstić information content (AvgIpc) is 2.56. The zero-order chi connectivity index (χ0) is 11.7. The lowest BCUT2D eigenvalue weighted by molar-refractivity contribution is -0.150. The van der Waals surface area contributed by atoms with Gasteiger partial charge in [-0.25, -0.2) is 9.67 Å². The summed E-state index contributed by atoms with van der Waals surface area (Å²) in [6.45, 7) is 3.14. The predicted octanol–water partition coefficient (Wildman–Crippen LogP) is 2.12. The summed E-state index contributed by atoms with van der Waals surface area (Å²) in [5, 5.41) is 5.27. The van der Waals surface area contributed by atoms with E-state index in [0.29, 0.717) is 0 Å². The standard InChI is InChI=1S/C10H10IN3O2/c1-6(16-7(2)15)14-10-8(9(11)13-14)4-3-5-12-10/h3-6H,1-2H3. The minimum Gasteiger partial charge on any atom is -0.440 e. The summed E-state index contributed by atoms with van der Waals surface area (Å²) in [5.74, 6) is -0.331. The fourth-order valence-corrected chi connectivity index (χ4v) is 2.13. The van der Waals surface area contributed by atoms with Crippen LogP contribution in [0.3, 0.4) is 0 Å². The van der Waals surface area contributed by atoms with E-state index in [4.69, 9.17) is 4.74 Å². The van der Waals surface area contributed by atoms with Crippen LogP contribution in [0.15, 0.2) is 18.3 Å². The van der Waals surface area contributed by atoms with E-state index in [0.717, 1.165) is 14.7 Å². The maximum Gasteiger partial charge on any atom is 0.304 e. The largest absolute Gasteiger partial charge is 0.440 e. The van der Waals surface area contributed by atoms with Crippen molar-refractivity contribution in [2.45, 2.75) is 20.1 Å². The smallest absolute Gasteiger partial charge is 0.304 e. The summed E-state index contributed by atoms with van der Waals surface area (Å²) in [5.41, 5.74) is 0.723. The van der Waals surface area contributed by atoms with Gasteiger partial charge in [0.25, 0.3) is 0 Å². The molecule has 2 aromatic rings. The van der Waals surface area contributed by atoms with Crippen LogP contribution in [-0.2, 0) is 9.53 Å². The minimum absolute atomic E-state index is 0.331. The van der Waals surface area contributed by atoms with Crippen LogP contribution in [0.2, 0.25) is 0 Å². The molecule has 16 heavy (non-hydrogen) atoms. The third-order valence-corrected chi connectivity index (χ3v) is 2.90. The molecule has 5 nitrogen and oxygen atoms in total. The molecular weight excluding hydrogens is 321 g/mol. The van der Waals surface area contributed by atoms with Gasteiger partial charge < -0.3 is 4.74 Å². The van der Waals surface area contributed by atoms with Gasteiger partial charge in [0, 0.05) is 13.1 Å². The van der Waals surface area contributed by atoms with Crippen LogP contribution in [0.1, 0.15) is 20.1 Å². The molecule has 0 N–H and O–H groups in total. The number of fused-ring (bicyclic) bond motifs is 1. The van der Waals surface area contributed by atoms with Crippen molar-refractivity contribution in [3.05, 3.63) is 22.0 Å². The van der Waals surface area contributed by atoms with Crippen LogP contribution < -0.4 is 0 Å². The number of hydrogen-bond acceptors (Lipinski definition) is 4. The Morgan fingerprint density at radius 2 is 2.38 bits per heavy atom. The van der Waals surface area contributed by atoms with E-state index >= 15 is 0 Å². The molecule has 0 aromatic carbocycles. The maximum atomic E-state index is 10.9. The summed E-state index contributed by atoms with van der Waals surface area (Å²) in [7, 11) is 0. The molecular formula is C10H10IN3O2. The molecule has 0 saturated heterocycles. The zero-order valence-corrected chi connectivity index (χ0v) is 11.0. The Bertz CT molecular complexity index is 538. The quantitative estimate of drug-likeness (QED) is 0.625. The Morgan fingerprint density at radius 1 is 1.62 bits per heavy atom. The number of hydrogen-bond donors (Lipinski definition) is 0. The molecule has 0 aliphatic heterocycles. The second kappa shape index (κ2) is 4.36. The second-order valence-electron chi connectivity index (χ2n) is 3.32. The van der Waals surface area contributed by atoms with Crippen LogP contribution in [0, 0.1) is 3.70 Å². The van der Waals surface area contributed by atoms with E-state index in [-0.39, 0.29) is 5.97 Å². The normalized spacial score (nSPS) is 12.7. The SMILES string of the molecule is CC(=O)OC(C)n1nc(I)c2cccnc21. The highest BCUT2D eigenvalue weighted by molar-refractivity contribution is 14.1. The van der Waals surface area contributed by atoms with Crippen LogP contribution in [0.25, 0.3) is 11.0 Å². The van der Waals surface area contributed by atoms with Crippen molar-refractivity contribution in [3.63, 3.8) is 0 Å². The van der Waals surface area contributed by atoms with Gasteiger partial charge in [0.2, 0.25) is 0 Å². The third kappa shape index (κ3) is 2.01. The van der Waals surface area contributed by atoms with Gasteiger partial charge in [0.15, 0.2) is 11.9 Å². The Hall–Kier alpha value is -1.18. The van der Waals surface area contributed by atoms with Crippen molar-refractivity contribution in [3.8, 4) is 0 Å². The summed E-state index contributed by atoms with van der Waals surface area (Å²) >= 11 is 2.13. The number of ether oxygens (including phenoxy) is 1. The first-order valence-electron chi connectivity index (χ1n) is 4.75.